The first kappa shape index (κ1) is 13.4. The molecule has 0 spiro atoms. The lowest BCUT2D eigenvalue weighted by Crippen LogP contribution is -2.07. The van der Waals surface area contributed by atoms with Crippen molar-refractivity contribution in [2.75, 3.05) is 5.32 Å². The van der Waals surface area contributed by atoms with Crippen LogP contribution in [0.15, 0.2) is 36.8 Å². The summed E-state index contributed by atoms with van der Waals surface area (Å²) in [7, 11) is 1.96. The van der Waals surface area contributed by atoms with E-state index in [-0.39, 0.29) is 0 Å². The van der Waals surface area contributed by atoms with Crippen molar-refractivity contribution in [3.8, 4) is 5.82 Å². The molecule has 6 heteroatoms. The summed E-state index contributed by atoms with van der Waals surface area (Å²) in [6.45, 7) is 4.82. The summed E-state index contributed by atoms with van der Waals surface area (Å²) in [6.07, 6.45) is 5.39. The third-order valence-electron chi connectivity index (χ3n) is 3.62. The second-order valence-electron chi connectivity index (χ2n) is 4.95. The molecule has 1 N–H and O–H groups in total. The first-order valence-corrected chi connectivity index (χ1v) is 6.85. The molecule has 0 unspecified atom stereocenters. The van der Waals surface area contributed by atoms with Crippen LogP contribution < -0.4 is 5.32 Å². The molecule has 3 aromatic rings. The van der Waals surface area contributed by atoms with Gasteiger partial charge in [0.15, 0.2) is 5.82 Å². The Balaban J connectivity index is 1.86. The molecule has 0 aliphatic heterocycles. The zero-order valence-corrected chi connectivity index (χ0v) is 12.4. The molecule has 0 saturated heterocycles. The van der Waals surface area contributed by atoms with E-state index >= 15 is 0 Å². The van der Waals surface area contributed by atoms with Crippen LogP contribution in [0.1, 0.15) is 17.0 Å². The van der Waals surface area contributed by atoms with Crippen LogP contribution in [0.2, 0.25) is 0 Å². The highest BCUT2D eigenvalue weighted by atomic mass is 15.3. The average molecular weight is 282 g/mol. The lowest BCUT2D eigenvalue weighted by Gasteiger charge is -2.11. The quantitative estimate of drug-likeness (QED) is 0.797. The Kier molecular flexibility index (Phi) is 3.43. The van der Waals surface area contributed by atoms with Gasteiger partial charge in [0, 0.05) is 43.4 Å². The van der Waals surface area contributed by atoms with E-state index in [1.54, 1.807) is 17.1 Å². The maximum absolute atomic E-state index is 4.44. The summed E-state index contributed by atoms with van der Waals surface area (Å²) in [6, 6.07) is 5.80. The van der Waals surface area contributed by atoms with Crippen LogP contribution >= 0.6 is 0 Å². The molecule has 0 fully saturated rings. The molecule has 0 aliphatic carbocycles. The summed E-state index contributed by atoms with van der Waals surface area (Å²) in [5.74, 6) is 0.793. The lowest BCUT2D eigenvalue weighted by molar-refractivity contribution is 0.730. The predicted octanol–water partition coefficient (Wildman–Crippen LogP) is 2.23. The van der Waals surface area contributed by atoms with Crippen molar-refractivity contribution in [3.63, 3.8) is 0 Å². The Hall–Kier alpha value is -2.63. The molecule has 0 aromatic carbocycles. The number of hydrogen-bond acceptors (Lipinski definition) is 4. The van der Waals surface area contributed by atoms with Crippen molar-refractivity contribution in [1.29, 1.82) is 0 Å². The van der Waals surface area contributed by atoms with Crippen molar-refractivity contribution in [2.45, 2.75) is 20.4 Å². The van der Waals surface area contributed by atoms with E-state index in [4.69, 9.17) is 0 Å². The number of aryl methyl sites for hydroxylation is 2. The Labute approximate surface area is 123 Å². The van der Waals surface area contributed by atoms with E-state index in [9.17, 15) is 0 Å². The highest BCUT2D eigenvalue weighted by Crippen LogP contribution is 2.19. The molecule has 21 heavy (non-hydrogen) atoms. The number of anilines is 1. The minimum absolute atomic E-state index is 0.714. The van der Waals surface area contributed by atoms with Crippen LogP contribution in [-0.2, 0) is 13.6 Å². The molecule has 0 amide bonds. The van der Waals surface area contributed by atoms with Crippen molar-refractivity contribution < 1.29 is 0 Å². The largest absolute Gasteiger partial charge is 0.378 e. The second kappa shape index (κ2) is 5.40. The first-order valence-electron chi connectivity index (χ1n) is 6.85. The van der Waals surface area contributed by atoms with Gasteiger partial charge in [-0.15, -0.1) is 0 Å². The lowest BCUT2D eigenvalue weighted by atomic mass is 10.2. The Morgan fingerprint density at radius 1 is 1.19 bits per heavy atom. The van der Waals surface area contributed by atoms with Crippen LogP contribution in [0, 0.1) is 13.8 Å². The standard InChI is InChI=1S/C15H18N6/c1-11-13(12(2)20(3)19-11)10-17-14-6-4-7-16-15(14)21-9-5-8-18-21/h4-9,17H,10H2,1-3H3. The zero-order chi connectivity index (χ0) is 14.8. The highest BCUT2D eigenvalue weighted by Gasteiger charge is 2.11. The molecule has 108 valence electrons. The van der Waals surface area contributed by atoms with Gasteiger partial charge in [0.1, 0.15) is 0 Å². The Morgan fingerprint density at radius 3 is 2.71 bits per heavy atom. The fourth-order valence-electron chi connectivity index (χ4n) is 2.37. The number of hydrogen-bond donors (Lipinski definition) is 1. The summed E-state index contributed by atoms with van der Waals surface area (Å²) >= 11 is 0. The van der Waals surface area contributed by atoms with E-state index in [2.05, 4.69) is 27.4 Å². The van der Waals surface area contributed by atoms with Gasteiger partial charge < -0.3 is 5.32 Å². The van der Waals surface area contributed by atoms with Gasteiger partial charge in [0.25, 0.3) is 0 Å². The maximum atomic E-state index is 4.44. The van der Waals surface area contributed by atoms with Gasteiger partial charge in [-0.3, -0.25) is 4.68 Å². The Bertz CT molecular complexity index is 742. The summed E-state index contributed by atoms with van der Waals surface area (Å²) < 4.78 is 3.66. The summed E-state index contributed by atoms with van der Waals surface area (Å²) in [4.78, 5) is 4.40. The molecule has 0 aliphatic rings. The number of rotatable bonds is 4. The molecule has 0 radical (unpaired) electrons. The van der Waals surface area contributed by atoms with Gasteiger partial charge in [0.05, 0.1) is 11.4 Å². The average Bonchev–Trinajstić information content (AvgIpc) is 3.08. The highest BCUT2D eigenvalue weighted by molar-refractivity contribution is 5.56. The van der Waals surface area contributed by atoms with Crippen LogP contribution in [0.5, 0.6) is 0 Å². The van der Waals surface area contributed by atoms with Crippen molar-refractivity contribution in [1.82, 2.24) is 24.5 Å². The van der Waals surface area contributed by atoms with E-state index in [1.807, 2.05) is 43.0 Å². The minimum atomic E-state index is 0.714. The molecule has 3 aromatic heterocycles. The monoisotopic (exact) mass is 282 g/mol. The van der Waals surface area contributed by atoms with Crippen LogP contribution in [-0.4, -0.2) is 24.5 Å². The molecule has 0 saturated carbocycles. The number of nitrogens with zero attached hydrogens (tertiary/aromatic N) is 5. The van der Waals surface area contributed by atoms with E-state index < -0.39 is 0 Å². The first-order chi connectivity index (χ1) is 10.2. The molecule has 0 atom stereocenters. The van der Waals surface area contributed by atoms with E-state index in [0.29, 0.717) is 6.54 Å². The molecule has 6 nitrogen and oxygen atoms in total. The van der Waals surface area contributed by atoms with E-state index in [0.717, 1.165) is 17.2 Å². The third kappa shape index (κ3) is 2.52. The molecule has 0 bridgehead atoms. The van der Waals surface area contributed by atoms with Gasteiger partial charge in [-0.2, -0.15) is 10.2 Å². The maximum Gasteiger partial charge on any atom is 0.176 e. The normalized spacial score (nSPS) is 10.8. The van der Waals surface area contributed by atoms with E-state index in [1.165, 1.54) is 11.3 Å². The smallest absolute Gasteiger partial charge is 0.176 e. The third-order valence-corrected chi connectivity index (χ3v) is 3.62. The molecule has 3 rings (SSSR count). The fourth-order valence-corrected chi connectivity index (χ4v) is 2.37. The van der Waals surface area contributed by atoms with Crippen LogP contribution in [0.3, 0.4) is 0 Å². The molecule has 3 heterocycles. The zero-order valence-electron chi connectivity index (χ0n) is 12.4. The fraction of sp³-hybridized carbons (Fsp3) is 0.267. The predicted molar refractivity (Wildman–Crippen MR) is 81.4 cm³/mol. The summed E-state index contributed by atoms with van der Waals surface area (Å²) in [5.41, 5.74) is 4.38. The number of aromatic nitrogens is 5. The van der Waals surface area contributed by atoms with Gasteiger partial charge in [-0.05, 0) is 32.0 Å². The second-order valence-corrected chi connectivity index (χ2v) is 4.95. The topological polar surface area (TPSA) is 60.6 Å². The molecular weight excluding hydrogens is 264 g/mol. The molecular formula is C15H18N6. The van der Waals surface area contributed by atoms with Gasteiger partial charge in [-0.25, -0.2) is 9.67 Å². The van der Waals surface area contributed by atoms with Crippen molar-refractivity contribution >= 4 is 5.69 Å². The number of pyridine rings is 1. The minimum Gasteiger partial charge on any atom is -0.378 e. The Morgan fingerprint density at radius 2 is 2.05 bits per heavy atom. The van der Waals surface area contributed by atoms with Crippen molar-refractivity contribution in [3.05, 3.63) is 53.7 Å². The van der Waals surface area contributed by atoms with Crippen LogP contribution in [0.25, 0.3) is 5.82 Å². The summed E-state index contributed by atoms with van der Waals surface area (Å²) in [5, 5.41) is 12.1. The SMILES string of the molecule is Cc1nn(C)c(C)c1CNc1cccnc1-n1cccn1. The van der Waals surface area contributed by atoms with Gasteiger partial charge in [0.2, 0.25) is 0 Å². The van der Waals surface area contributed by atoms with Gasteiger partial charge >= 0.3 is 0 Å². The van der Waals surface area contributed by atoms with Crippen LogP contribution in [0.4, 0.5) is 5.69 Å². The van der Waals surface area contributed by atoms with Crippen molar-refractivity contribution in [2.24, 2.45) is 7.05 Å². The number of nitrogens with one attached hydrogen (secondary N) is 1. The van der Waals surface area contributed by atoms with Gasteiger partial charge in [-0.1, -0.05) is 0 Å².